The Bertz CT molecular complexity index is 1120. The van der Waals surface area contributed by atoms with Gasteiger partial charge < -0.3 is 14.6 Å². The summed E-state index contributed by atoms with van der Waals surface area (Å²) in [5, 5.41) is 10.7. The second kappa shape index (κ2) is 12.1. The number of hydrogen-bond acceptors (Lipinski definition) is 6. The van der Waals surface area contributed by atoms with Crippen LogP contribution in [0.1, 0.15) is 43.7 Å². The van der Waals surface area contributed by atoms with Gasteiger partial charge >= 0.3 is 0 Å². The summed E-state index contributed by atoms with van der Waals surface area (Å²) in [4.78, 5) is 20.3. The molecule has 2 aromatic rings. The summed E-state index contributed by atoms with van der Waals surface area (Å²) in [6.45, 7) is 4.83. The Kier molecular flexibility index (Phi) is 8.89. The fraction of sp³-hybridized carbons (Fsp3) is 0.407. The fourth-order valence-electron chi connectivity index (χ4n) is 3.79. The number of amides is 1. The molecule has 0 aromatic heterocycles. The number of aliphatic hydroxyl groups excluding tert-OH is 1. The van der Waals surface area contributed by atoms with Crippen LogP contribution in [0.3, 0.4) is 0 Å². The maximum absolute atomic E-state index is 13.4. The maximum Gasteiger partial charge on any atom is 0.271 e. The molecule has 1 atom stereocenters. The molecule has 35 heavy (non-hydrogen) atoms. The van der Waals surface area contributed by atoms with E-state index in [1.54, 1.807) is 17.0 Å². The van der Waals surface area contributed by atoms with Crippen molar-refractivity contribution in [3.8, 4) is 5.75 Å². The third-order valence-corrected chi connectivity index (χ3v) is 7.25. The second-order valence-electron chi connectivity index (χ2n) is 8.70. The Balaban J connectivity index is 1.49. The summed E-state index contributed by atoms with van der Waals surface area (Å²) in [5.41, 5.74) is 2.65. The van der Waals surface area contributed by atoms with Crippen molar-refractivity contribution in [2.75, 3.05) is 24.7 Å². The molecule has 1 heterocycles. The Morgan fingerprint density at radius 2 is 2.09 bits per heavy atom. The molecule has 186 valence electrons. The topological polar surface area (TPSA) is 71.4 Å². The number of hydrogen-bond donors (Lipinski definition) is 1. The number of para-hydroxylation sites is 1. The second-order valence-corrected chi connectivity index (χ2v) is 10.1. The molecule has 2 fully saturated rings. The predicted octanol–water partition coefficient (Wildman–Crippen LogP) is 5.84. The molecule has 0 unspecified atom stereocenters. The fourth-order valence-corrected chi connectivity index (χ4v) is 5.03. The van der Waals surface area contributed by atoms with Gasteiger partial charge in [-0.25, -0.2) is 0 Å². The van der Waals surface area contributed by atoms with Crippen molar-refractivity contribution >= 4 is 46.2 Å². The van der Waals surface area contributed by atoms with E-state index in [0.717, 1.165) is 36.1 Å². The predicted molar refractivity (Wildman–Crippen MR) is 143 cm³/mol. The van der Waals surface area contributed by atoms with Crippen LogP contribution in [0.2, 0.25) is 5.02 Å². The van der Waals surface area contributed by atoms with Crippen molar-refractivity contribution in [2.24, 2.45) is 4.99 Å². The summed E-state index contributed by atoms with van der Waals surface area (Å²) < 4.78 is 11.6. The number of ether oxygens (including phenoxy) is 2. The van der Waals surface area contributed by atoms with Crippen LogP contribution in [-0.4, -0.2) is 48.1 Å². The van der Waals surface area contributed by atoms with Gasteiger partial charge in [-0.2, -0.15) is 0 Å². The van der Waals surface area contributed by atoms with Crippen molar-refractivity contribution in [3.05, 3.63) is 63.5 Å². The van der Waals surface area contributed by atoms with Crippen LogP contribution in [0.15, 0.2) is 52.4 Å². The van der Waals surface area contributed by atoms with Gasteiger partial charge in [0.05, 0.1) is 28.3 Å². The number of benzene rings is 2. The van der Waals surface area contributed by atoms with Gasteiger partial charge in [-0.3, -0.25) is 14.7 Å². The summed E-state index contributed by atoms with van der Waals surface area (Å²) in [6.07, 6.45) is 5.80. The third kappa shape index (κ3) is 6.28. The van der Waals surface area contributed by atoms with Gasteiger partial charge in [-0.1, -0.05) is 42.8 Å². The first-order valence-electron chi connectivity index (χ1n) is 12.0. The highest BCUT2D eigenvalue weighted by molar-refractivity contribution is 8.19. The molecule has 0 radical (unpaired) electrons. The Morgan fingerprint density at radius 3 is 2.74 bits per heavy atom. The molecule has 1 N–H and O–H groups in total. The van der Waals surface area contributed by atoms with Gasteiger partial charge in [0.2, 0.25) is 0 Å². The monoisotopic (exact) mass is 514 g/mol. The van der Waals surface area contributed by atoms with Crippen molar-refractivity contribution in [1.29, 1.82) is 0 Å². The van der Waals surface area contributed by atoms with E-state index in [4.69, 9.17) is 21.1 Å². The first kappa shape index (κ1) is 25.8. The number of aliphatic hydroxyl groups is 1. The SMILES string of the molecule is CCCN=C1S/C(=C\c2ccc(OC[C@@H](CO)OC3CCC3)c(Cl)c2)C(=O)N1c1ccccc1C. The van der Waals surface area contributed by atoms with Crippen molar-refractivity contribution in [1.82, 2.24) is 0 Å². The minimum Gasteiger partial charge on any atom is -0.489 e. The van der Waals surface area contributed by atoms with E-state index in [2.05, 4.69) is 11.9 Å². The number of rotatable bonds is 10. The summed E-state index contributed by atoms with van der Waals surface area (Å²) >= 11 is 7.86. The van der Waals surface area contributed by atoms with Crippen molar-refractivity contribution < 1.29 is 19.4 Å². The summed E-state index contributed by atoms with van der Waals surface area (Å²) in [6, 6.07) is 13.2. The smallest absolute Gasteiger partial charge is 0.271 e. The largest absolute Gasteiger partial charge is 0.489 e. The number of halogens is 1. The normalized spacial score (nSPS) is 19.4. The van der Waals surface area contributed by atoms with E-state index >= 15 is 0 Å². The highest BCUT2D eigenvalue weighted by atomic mass is 35.5. The van der Waals surface area contributed by atoms with E-state index in [9.17, 15) is 9.90 Å². The van der Waals surface area contributed by atoms with Gasteiger partial charge in [0.1, 0.15) is 18.5 Å². The lowest BCUT2D eigenvalue weighted by Crippen LogP contribution is -2.34. The zero-order valence-electron chi connectivity index (χ0n) is 20.1. The molecule has 4 rings (SSSR count). The van der Waals surface area contributed by atoms with Crippen LogP contribution in [0.25, 0.3) is 6.08 Å². The van der Waals surface area contributed by atoms with Gasteiger partial charge in [-0.05, 0) is 79.8 Å². The average Bonchev–Trinajstić information content (AvgIpc) is 3.12. The number of nitrogens with zero attached hydrogens (tertiary/aromatic N) is 2. The van der Waals surface area contributed by atoms with E-state index in [0.29, 0.717) is 27.4 Å². The van der Waals surface area contributed by atoms with Crippen LogP contribution in [0.4, 0.5) is 5.69 Å². The lowest BCUT2D eigenvalue weighted by atomic mass is 9.96. The number of aliphatic imine (C=N–C) groups is 1. The van der Waals surface area contributed by atoms with Crippen LogP contribution in [-0.2, 0) is 9.53 Å². The molecule has 0 spiro atoms. The van der Waals surface area contributed by atoms with Crippen LogP contribution < -0.4 is 9.64 Å². The minimum absolute atomic E-state index is 0.100. The standard InChI is InChI=1S/C27H31ClN2O4S/c1-3-13-29-27-30(23-10-5-4-7-18(23)2)26(32)25(35-27)15-19-11-12-24(22(28)14-19)33-17-21(16-31)34-20-8-6-9-20/h4-5,7,10-12,14-15,20-21,31H,3,6,8-9,13,16-17H2,1-2H3/b25-15-,29-27?/t21-/m1/s1. The average molecular weight is 515 g/mol. The zero-order valence-corrected chi connectivity index (χ0v) is 21.6. The number of aryl methyl sites for hydroxylation is 1. The van der Waals surface area contributed by atoms with E-state index in [1.807, 2.05) is 43.3 Å². The van der Waals surface area contributed by atoms with Crippen LogP contribution in [0, 0.1) is 6.92 Å². The lowest BCUT2D eigenvalue weighted by molar-refractivity contribution is -0.113. The Morgan fingerprint density at radius 1 is 1.29 bits per heavy atom. The number of thioether (sulfide) groups is 1. The van der Waals surface area contributed by atoms with Gasteiger partial charge in [0.15, 0.2) is 5.17 Å². The summed E-state index contributed by atoms with van der Waals surface area (Å²) in [5.74, 6) is 0.413. The minimum atomic E-state index is -0.376. The maximum atomic E-state index is 13.4. The van der Waals surface area contributed by atoms with Crippen LogP contribution in [0.5, 0.6) is 5.75 Å². The molecule has 1 aliphatic carbocycles. The number of carbonyl (C=O) groups excluding carboxylic acids is 1. The third-order valence-electron chi connectivity index (χ3n) is 5.95. The Labute approximate surface area is 216 Å². The molecule has 8 heteroatoms. The quantitative estimate of drug-likeness (QED) is 0.403. The Hall–Kier alpha value is -2.32. The van der Waals surface area contributed by atoms with Crippen LogP contribution >= 0.6 is 23.4 Å². The van der Waals surface area contributed by atoms with Crippen molar-refractivity contribution in [2.45, 2.75) is 51.7 Å². The first-order valence-corrected chi connectivity index (χ1v) is 13.2. The molecule has 2 aliphatic rings. The first-order chi connectivity index (χ1) is 17.0. The van der Waals surface area contributed by atoms with Gasteiger partial charge in [-0.15, -0.1) is 0 Å². The van der Waals surface area contributed by atoms with Gasteiger partial charge in [0, 0.05) is 6.54 Å². The van der Waals surface area contributed by atoms with Gasteiger partial charge in [0.25, 0.3) is 5.91 Å². The zero-order chi connectivity index (χ0) is 24.8. The molecule has 0 bridgehead atoms. The molecule has 1 amide bonds. The van der Waals surface area contributed by atoms with E-state index < -0.39 is 0 Å². The molecular weight excluding hydrogens is 484 g/mol. The lowest BCUT2D eigenvalue weighted by Gasteiger charge is -2.29. The number of anilines is 1. The van der Waals surface area contributed by atoms with E-state index in [1.165, 1.54) is 18.2 Å². The number of carbonyl (C=O) groups is 1. The van der Waals surface area contributed by atoms with E-state index in [-0.39, 0.29) is 31.3 Å². The molecule has 1 aliphatic heterocycles. The summed E-state index contributed by atoms with van der Waals surface area (Å²) in [7, 11) is 0. The molecular formula is C27H31ClN2O4S. The molecule has 2 aromatic carbocycles. The molecule has 1 saturated heterocycles. The van der Waals surface area contributed by atoms with Crippen molar-refractivity contribution in [3.63, 3.8) is 0 Å². The highest BCUT2D eigenvalue weighted by Gasteiger charge is 2.35. The highest BCUT2D eigenvalue weighted by Crippen LogP contribution is 2.38. The molecule has 6 nitrogen and oxygen atoms in total. The molecule has 1 saturated carbocycles. The number of amidine groups is 1.